The molecule has 0 radical (unpaired) electrons. The molecule has 4 unspecified atom stereocenters. The van der Waals surface area contributed by atoms with Gasteiger partial charge in [-0.1, -0.05) is 23.8 Å². The average molecular weight is 451 g/mol. The molecule has 2 nitrogen and oxygen atoms in total. The molecule has 3 fully saturated rings. The van der Waals surface area contributed by atoms with Gasteiger partial charge in [-0.05, 0) is 113 Å². The first-order valence-corrected chi connectivity index (χ1v) is 12.3. The molecule has 0 heterocycles. The van der Waals surface area contributed by atoms with Gasteiger partial charge in [0.2, 0.25) is 5.82 Å². The lowest BCUT2D eigenvalue weighted by Crippen LogP contribution is -2.35. The summed E-state index contributed by atoms with van der Waals surface area (Å²) in [5.74, 6) is 0.581. The van der Waals surface area contributed by atoms with E-state index in [1.807, 2.05) is 0 Å². The Kier molecular flexibility index (Phi) is 7.36. The minimum Gasteiger partial charge on any atom is -0.423 e. The molecule has 1 aromatic carbocycles. The van der Waals surface area contributed by atoms with E-state index in [0.717, 1.165) is 49.4 Å². The van der Waals surface area contributed by atoms with E-state index in [0.29, 0.717) is 5.92 Å². The Labute approximate surface area is 189 Å². The number of hydrogen-bond donors (Lipinski definition) is 0. The summed E-state index contributed by atoms with van der Waals surface area (Å²) >= 11 is 5.57. The highest BCUT2D eigenvalue weighted by atomic mass is 35.5. The Hall–Kier alpha value is -1.42. The van der Waals surface area contributed by atoms with Gasteiger partial charge in [0.1, 0.15) is 0 Å². The molecule has 170 valence electrons. The molecule has 1 aromatic rings. The fourth-order valence-electron chi connectivity index (χ4n) is 6.44. The molecule has 3 saturated carbocycles. The normalized spacial score (nSPS) is 33.8. The first-order chi connectivity index (χ1) is 15.0. The standard InChI is InChI=1S/C26H33ClF2O2/c1-2-3-16-4-5-21-15-20(11-10-19(21)14-16)17-6-8-18(9-7-17)26(30)31-23-13-12-22(27)24(28)25(23)29/h2-3,12-13,16-21H,4-11,14-15H2,1H3/b3-2+. The van der Waals surface area contributed by atoms with Crippen LogP contribution < -0.4 is 4.74 Å². The molecule has 5 heteroatoms. The van der Waals surface area contributed by atoms with Crippen LogP contribution in [0, 0.1) is 47.1 Å². The predicted octanol–water partition coefficient (Wildman–Crippen LogP) is 7.74. The van der Waals surface area contributed by atoms with Crippen LogP contribution in [0.15, 0.2) is 24.3 Å². The van der Waals surface area contributed by atoms with Gasteiger partial charge in [0, 0.05) is 0 Å². The number of fused-ring (bicyclic) bond motifs is 1. The van der Waals surface area contributed by atoms with Crippen molar-refractivity contribution in [1.82, 2.24) is 0 Å². The zero-order chi connectivity index (χ0) is 22.0. The second-order valence-electron chi connectivity index (χ2n) is 9.90. The van der Waals surface area contributed by atoms with Gasteiger partial charge in [-0.15, -0.1) is 0 Å². The molecular weight excluding hydrogens is 418 g/mol. The summed E-state index contributed by atoms with van der Waals surface area (Å²) in [6.45, 7) is 2.12. The van der Waals surface area contributed by atoms with Crippen LogP contribution in [-0.2, 0) is 4.79 Å². The second kappa shape index (κ2) is 10.0. The van der Waals surface area contributed by atoms with E-state index >= 15 is 0 Å². The molecule has 4 atom stereocenters. The van der Waals surface area contributed by atoms with Crippen LogP contribution in [-0.4, -0.2) is 5.97 Å². The van der Waals surface area contributed by atoms with Crippen LogP contribution in [0.1, 0.15) is 71.1 Å². The Balaban J connectivity index is 1.26. The second-order valence-corrected chi connectivity index (χ2v) is 10.3. The summed E-state index contributed by atoms with van der Waals surface area (Å²) in [6.07, 6.45) is 16.3. The number of esters is 1. The summed E-state index contributed by atoms with van der Waals surface area (Å²) in [5, 5.41) is -0.317. The number of ether oxygens (including phenoxy) is 1. The number of halogens is 3. The molecule has 0 amide bonds. The van der Waals surface area contributed by atoms with E-state index in [1.54, 1.807) is 0 Å². The fourth-order valence-corrected chi connectivity index (χ4v) is 6.59. The lowest BCUT2D eigenvalue weighted by atomic mass is 9.61. The van der Waals surface area contributed by atoms with Gasteiger partial charge >= 0.3 is 5.97 Å². The minimum absolute atomic E-state index is 0.234. The summed E-state index contributed by atoms with van der Waals surface area (Å²) in [4.78, 5) is 12.5. The zero-order valence-electron chi connectivity index (χ0n) is 18.3. The third-order valence-electron chi connectivity index (χ3n) is 8.14. The molecule has 0 spiro atoms. The first kappa shape index (κ1) is 22.8. The predicted molar refractivity (Wildman–Crippen MR) is 119 cm³/mol. The van der Waals surface area contributed by atoms with Gasteiger partial charge in [-0.2, -0.15) is 4.39 Å². The van der Waals surface area contributed by atoms with E-state index < -0.39 is 17.6 Å². The van der Waals surface area contributed by atoms with Crippen LogP contribution in [0.2, 0.25) is 5.02 Å². The molecule has 0 aliphatic heterocycles. The smallest absolute Gasteiger partial charge is 0.314 e. The molecule has 31 heavy (non-hydrogen) atoms. The maximum atomic E-state index is 14.0. The van der Waals surface area contributed by atoms with Crippen LogP contribution in [0.25, 0.3) is 0 Å². The van der Waals surface area contributed by atoms with Gasteiger partial charge in [0.25, 0.3) is 0 Å². The van der Waals surface area contributed by atoms with Gasteiger partial charge in [-0.25, -0.2) is 4.39 Å². The van der Waals surface area contributed by atoms with Crippen LogP contribution in [0.4, 0.5) is 8.78 Å². The number of carbonyl (C=O) groups is 1. The molecule has 4 rings (SSSR count). The third-order valence-corrected chi connectivity index (χ3v) is 8.43. The van der Waals surface area contributed by atoms with Gasteiger partial charge in [-0.3, -0.25) is 4.79 Å². The van der Waals surface area contributed by atoms with Crippen molar-refractivity contribution in [3.05, 3.63) is 40.9 Å². The van der Waals surface area contributed by atoms with E-state index in [4.69, 9.17) is 16.3 Å². The third kappa shape index (κ3) is 5.16. The van der Waals surface area contributed by atoms with Crippen molar-refractivity contribution in [2.45, 2.75) is 71.1 Å². The van der Waals surface area contributed by atoms with Gasteiger partial charge in [0.15, 0.2) is 11.6 Å². The molecule has 3 aliphatic carbocycles. The molecule has 0 aromatic heterocycles. The summed E-state index contributed by atoms with van der Waals surface area (Å²) in [7, 11) is 0. The lowest BCUT2D eigenvalue weighted by Gasteiger charge is -2.45. The van der Waals surface area contributed by atoms with Crippen LogP contribution >= 0.6 is 11.6 Å². The van der Waals surface area contributed by atoms with E-state index in [-0.39, 0.29) is 16.7 Å². The van der Waals surface area contributed by atoms with Crippen molar-refractivity contribution in [3.8, 4) is 5.75 Å². The van der Waals surface area contributed by atoms with E-state index in [1.165, 1.54) is 50.7 Å². The monoisotopic (exact) mass is 450 g/mol. The summed E-state index contributed by atoms with van der Waals surface area (Å²) in [6, 6.07) is 2.43. The highest BCUT2D eigenvalue weighted by Gasteiger charge is 2.39. The molecule has 0 saturated heterocycles. The molecule has 3 aliphatic rings. The molecule has 0 N–H and O–H groups in total. The van der Waals surface area contributed by atoms with Gasteiger partial charge < -0.3 is 4.74 Å². The SMILES string of the molecule is C/C=C/C1CCC2CC(C3CCC(C(=O)Oc4ccc(Cl)c(F)c4F)CC3)CCC2C1. The van der Waals surface area contributed by atoms with Crippen molar-refractivity contribution in [3.63, 3.8) is 0 Å². The highest BCUT2D eigenvalue weighted by Crippen LogP contribution is 2.49. The minimum atomic E-state index is -1.20. The quantitative estimate of drug-likeness (QED) is 0.203. The number of benzene rings is 1. The topological polar surface area (TPSA) is 26.3 Å². The zero-order valence-corrected chi connectivity index (χ0v) is 19.1. The maximum absolute atomic E-state index is 14.0. The van der Waals surface area contributed by atoms with Crippen LogP contribution in [0.5, 0.6) is 5.75 Å². The van der Waals surface area contributed by atoms with Crippen molar-refractivity contribution in [2.24, 2.45) is 35.5 Å². The van der Waals surface area contributed by atoms with E-state index in [9.17, 15) is 13.6 Å². The first-order valence-electron chi connectivity index (χ1n) is 11.9. The number of carbonyl (C=O) groups excluding carboxylic acids is 1. The largest absolute Gasteiger partial charge is 0.423 e. The fraction of sp³-hybridized carbons (Fsp3) is 0.654. The summed E-state index contributed by atoms with van der Waals surface area (Å²) in [5.41, 5.74) is 0. The van der Waals surface area contributed by atoms with Crippen LogP contribution in [0.3, 0.4) is 0 Å². The molecular formula is C26H33ClF2O2. The van der Waals surface area contributed by atoms with E-state index in [2.05, 4.69) is 19.1 Å². The van der Waals surface area contributed by atoms with Crippen molar-refractivity contribution in [1.29, 1.82) is 0 Å². The van der Waals surface area contributed by atoms with Crippen molar-refractivity contribution in [2.75, 3.05) is 0 Å². The Morgan fingerprint density at radius 1 is 0.903 bits per heavy atom. The summed E-state index contributed by atoms with van der Waals surface area (Å²) < 4.78 is 32.8. The Morgan fingerprint density at radius 2 is 1.52 bits per heavy atom. The Bertz CT molecular complexity index is 816. The highest BCUT2D eigenvalue weighted by molar-refractivity contribution is 6.30. The number of hydrogen-bond acceptors (Lipinski definition) is 2. The Morgan fingerprint density at radius 3 is 2.23 bits per heavy atom. The van der Waals surface area contributed by atoms with Gasteiger partial charge in [0.05, 0.1) is 10.9 Å². The number of allylic oxidation sites excluding steroid dienone is 2. The maximum Gasteiger partial charge on any atom is 0.314 e. The lowest BCUT2D eigenvalue weighted by molar-refractivity contribution is -0.140. The average Bonchev–Trinajstić information content (AvgIpc) is 2.79. The van der Waals surface area contributed by atoms with Crippen molar-refractivity contribution < 1.29 is 18.3 Å². The number of rotatable bonds is 4. The van der Waals surface area contributed by atoms with Crippen molar-refractivity contribution >= 4 is 17.6 Å². The molecule has 0 bridgehead atoms.